The van der Waals surface area contributed by atoms with Crippen LogP contribution in [0.4, 0.5) is 5.69 Å². The van der Waals surface area contributed by atoms with Crippen LogP contribution in [-0.4, -0.2) is 25.7 Å². The Hall–Kier alpha value is -1.18. The maximum absolute atomic E-state index is 6.08. The number of hydrogen-bond acceptors (Lipinski definition) is 3. The van der Waals surface area contributed by atoms with Crippen molar-refractivity contribution >= 4 is 35.6 Å². The van der Waals surface area contributed by atoms with Crippen LogP contribution in [-0.2, 0) is 0 Å². The van der Waals surface area contributed by atoms with E-state index in [-0.39, 0.29) is 24.0 Å². The average Bonchev–Trinajstić information content (AvgIpc) is 3.07. The minimum atomic E-state index is 0. The quantitative estimate of drug-likeness (QED) is 0.424. The first kappa shape index (κ1) is 17.6. The first-order valence-electron chi connectivity index (χ1n) is 8.69. The number of hydrogen-bond donors (Lipinski definition) is 2. The van der Waals surface area contributed by atoms with Crippen molar-refractivity contribution in [1.29, 1.82) is 0 Å². The summed E-state index contributed by atoms with van der Waals surface area (Å²) in [6, 6.07) is 5.81. The molecule has 2 aliphatic carbocycles. The van der Waals surface area contributed by atoms with E-state index in [4.69, 9.17) is 15.2 Å². The van der Waals surface area contributed by atoms with Gasteiger partial charge < -0.3 is 20.5 Å². The summed E-state index contributed by atoms with van der Waals surface area (Å²) in [5.74, 6) is 3.00. The molecular formula is C18H26IN3O2. The Kier molecular flexibility index (Phi) is 5.42. The van der Waals surface area contributed by atoms with Crippen LogP contribution in [0.2, 0.25) is 0 Å². The van der Waals surface area contributed by atoms with E-state index in [1.54, 1.807) is 0 Å². The molecule has 0 aromatic heterocycles. The van der Waals surface area contributed by atoms with Gasteiger partial charge >= 0.3 is 0 Å². The molecular weight excluding hydrogens is 417 g/mol. The van der Waals surface area contributed by atoms with Gasteiger partial charge in [-0.05, 0) is 55.6 Å². The van der Waals surface area contributed by atoms with E-state index in [0.717, 1.165) is 36.1 Å². The van der Waals surface area contributed by atoms with Gasteiger partial charge in [0.1, 0.15) is 0 Å². The fourth-order valence-electron chi connectivity index (χ4n) is 4.21. The van der Waals surface area contributed by atoms with Gasteiger partial charge in [-0.25, -0.2) is 0 Å². The molecule has 4 rings (SSSR count). The Balaban J connectivity index is 0.00000169. The molecule has 1 aromatic rings. The standard InChI is InChI=1S/C18H25N3O2.HI/c19-17(20-12-18-6-4-13(11-18)5-7-18)21-14-2-3-15-16(10-14)23-9-1-8-22-15;/h2-3,10,13H,1,4-9,11-12H2,(H3,19,20,21);1H. The summed E-state index contributed by atoms with van der Waals surface area (Å²) in [6.45, 7) is 2.24. The molecule has 3 aliphatic rings. The van der Waals surface area contributed by atoms with Crippen LogP contribution in [0.5, 0.6) is 11.5 Å². The number of nitrogens with one attached hydrogen (secondary N) is 1. The zero-order valence-corrected chi connectivity index (χ0v) is 16.3. The number of anilines is 1. The number of aliphatic imine (C=N–C) groups is 1. The summed E-state index contributed by atoms with van der Waals surface area (Å²) >= 11 is 0. The van der Waals surface area contributed by atoms with Gasteiger partial charge in [0, 0.05) is 24.7 Å². The monoisotopic (exact) mass is 443 g/mol. The summed E-state index contributed by atoms with van der Waals surface area (Å²) in [4.78, 5) is 4.61. The topological polar surface area (TPSA) is 68.9 Å². The van der Waals surface area contributed by atoms with Crippen LogP contribution in [0, 0.1) is 11.3 Å². The molecule has 0 spiro atoms. The van der Waals surface area contributed by atoms with E-state index < -0.39 is 0 Å². The van der Waals surface area contributed by atoms with Crippen molar-refractivity contribution in [1.82, 2.24) is 0 Å². The lowest BCUT2D eigenvalue weighted by Gasteiger charge is -2.24. The number of nitrogens with two attached hydrogens (primary N) is 1. The molecule has 1 aliphatic heterocycles. The Morgan fingerprint density at radius 2 is 1.96 bits per heavy atom. The molecule has 3 N–H and O–H groups in total. The van der Waals surface area contributed by atoms with Gasteiger partial charge in [-0.15, -0.1) is 24.0 Å². The van der Waals surface area contributed by atoms with Crippen molar-refractivity contribution in [3.63, 3.8) is 0 Å². The Morgan fingerprint density at radius 1 is 1.21 bits per heavy atom. The lowest BCUT2D eigenvalue weighted by molar-refractivity contribution is 0.297. The Morgan fingerprint density at radius 3 is 2.67 bits per heavy atom. The minimum Gasteiger partial charge on any atom is -0.490 e. The predicted octanol–water partition coefficient (Wildman–Crippen LogP) is 3.77. The van der Waals surface area contributed by atoms with Crippen molar-refractivity contribution in [2.75, 3.05) is 25.1 Å². The van der Waals surface area contributed by atoms with Crippen LogP contribution in [0.1, 0.15) is 38.5 Å². The van der Waals surface area contributed by atoms with E-state index >= 15 is 0 Å². The number of halogens is 1. The van der Waals surface area contributed by atoms with Gasteiger partial charge in [-0.2, -0.15) is 0 Å². The lowest BCUT2D eigenvalue weighted by Crippen LogP contribution is -2.26. The zero-order chi connectivity index (χ0) is 15.7. The maximum Gasteiger partial charge on any atom is 0.193 e. The predicted molar refractivity (Wildman–Crippen MR) is 107 cm³/mol. The molecule has 0 unspecified atom stereocenters. The molecule has 5 nitrogen and oxygen atoms in total. The third-order valence-corrected chi connectivity index (χ3v) is 5.49. The first-order valence-corrected chi connectivity index (χ1v) is 8.69. The first-order chi connectivity index (χ1) is 11.2. The van der Waals surface area contributed by atoms with Gasteiger partial charge in [-0.1, -0.05) is 0 Å². The summed E-state index contributed by atoms with van der Waals surface area (Å²) < 4.78 is 11.3. The Labute approximate surface area is 160 Å². The highest BCUT2D eigenvalue weighted by molar-refractivity contribution is 14.0. The normalized spacial score (nSPS) is 28.2. The highest BCUT2D eigenvalue weighted by atomic mass is 127. The number of guanidine groups is 1. The van der Waals surface area contributed by atoms with E-state index in [0.29, 0.717) is 24.6 Å². The van der Waals surface area contributed by atoms with Crippen LogP contribution in [0.25, 0.3) is 0 Å². The Bertz CT molecular complexity index is 612. The van der Waals surface area contributed by atoms with Crippen molar-refractivity contribution in [2.45, 2.75) is 38.5 Å². The maximum atomic E-state index is 6.08. The molecule has 1 aromatic carbocycles. The van der Waals surface area contributed by atoms with Gasteiger partial charge in [0.05, 0.1) is 13.2 Å². The lowest BCUT2D eigenvalue weighted by atomic mass is 9.84. The molecule has 24 heavy (non-hydrogen) atoms. The number of rotatable bonds is 3. The van der Waals surface area contributed by atoms with E-state index in [1.807, 2.05) is 18.2 Å². The van der Waals surface area contributed by atoms with Crippen molar-refractivity contribution < 1.29 is 9.47 Å². The van der Waals surface area contributed by atoms with Crippen LogP contribution < -0.4 is 20.5 Å². The van der Waals surface area contributed by atoms with Crippen LogP contribution >= 0.6 is 24.0 Å². The number of nitrogens with zero attached hydrogens (tertiary/aromatic N) is 1. The molecule has 0 radical (unpaired) electrons. The fourth-order valence-corrected chi connectivity index (χ4v) is 4.21. The third-order valence-electron chi connectivity index (χ3n) is 5.49. The summed E-state index contributed by atoms with van der Waals surface area (Å²) in [6.07, 6.45) is 7.64. The van der Waals surface area contributed by atoms with E-state index in [1.165, 1.54) is 32.1 Å². The van der Waals surface area contributed by atoms with Crippen LogP contribution in [0.15, 0.2) is 23.2 Å². The molecule has 2 saturated carbocycles. The van der Waals surface area contributed by atoms with Gasteiger partial charge in [0.2, 0.25) is 0 Å². The molecule has 2 bridgehead atoms. The number of ether oxygens (including phenoxy) is 2. The molecule has 132 valence electrons. The smallest absolute Gasteiger partial charge is 0.193 e. The van der Waals surface area contributed by atoms with Gasteiger partial charge in [-0.3, -0.25) is 4.99 Å². The molecule has 6 heteroatoms. The minimum absolute atomic E-state index is 0. The number of fused-ring (bicyclic) bond motifs is 3. The highest BCUT2D eigenvalue weighted by Gasteiger charge is 2.44. The summed E-state index contributed by atoms with van der Waals surface area (Å²) in [5, 5.41) is 3.18. The van der Waals surface area contributed by atoms with Crippen LogP contribution in [0.3, 0.4) is 0 Å². The average molecular weight is 443 g/mol. The van der Waals surface area contributed by atoms with E-state index in [2.05, 4.69) is 10.3 Å². The SMILES string of the molecule is I.NC(=NCC12CCC(CC1)C2)Nc1ccc2c(c1)OCCCO2. The van der Waals surface area contributed by atoms with Gasteiger partial charge in [0.25, 0.3) is 0 Å². The van der Waals surface area contributed by atoms with Gasteiger partial charge in [0.15, 0.2) is 17.5 Å². The van der Waals surface area contributed by atoms with E-state index in [9.17, 15) is 0 Å². The second-order valence-corrected chi connectivity index (χ2v) is 7.19. The molecule has 1 heterocycles. The molecule has 0 saturated heterocycles. The molecule has 0 atom stereocenters. The zero-order valence-electron chi connectivity index (χ0n) is 13.9. The third kappa shape index (κ3) is 3.73. The summed E-state index contributed by atoms with van der Waals surface area (Å²) in [5.41, 5.74) is 7.41. The fraction of sp³-hybridized carbons (Fsp3) is 0.611. The van der Waals surface area contributed by atoms with Crippen molar-refractivity contribution in [3.8, 4) is 11.5 Å². The highest BCUT2D eigenvalue weighted by Crippen LogP contribution is 2.54. The second-order valence-electron chi connectivity index (χ2n) is 7.19. The second kappa shape index (κ2) is 7.37. The molecule has 2 fully saturated rings. The van der Waals surface area contributed by atoms with Crippen molar-refractivity contribution in [3.05, 3.63) is 18.2 Å². The molecule has 0 amide bonds. The van der Waals surface area contributed by atoms with Crippen molar-refractivity contribution in [2.24, 2.45) is 22.1 Å². The largest absolute Gasteiger partial charge is 0.490 e. The number of benzene rings is 1. The summed E-state index contributed by atoms with van der Waals surface area (Å²) in [7, 11) is 0.